The summed E-state index contributed by atoms with van der Waals surface area (Å²) < 4.78 is 25.5. The van der Waals surface area contributed by atoms with E-state index < -0.39 is 9.84 Å². The van der Waals surface area contributed by atoms with Gasteiger partial charge in [-0.25, -0.2) is 8.42 Å². The van der Waals surface area contributed by atoms with Crippen molar-refractivity contribution in [2.75, 3.05) is 22.5 Å². The lowest BCUT2D eigenvalue weighted by Crippen LogP contribution is -2.35. The van der Waals surface area contributed by atoms with Crippen molar-refractivity contribution >= 4 is 33.0 Å². The summed E-state index contributed by atoms with van der Waals surface area (Å²) in [4.78, 5) is 26.3. The molecule has 0 atom stereocenters. The second-order valence-corrected chi connectivity index (χ2v) is 9.57. The summed E-state index contributed by atoms with van der Waals surface area (Å²) in [5.74, 6) is -0.557. The number of carbonyl (C=O) groups is 2. The third kappa shape index (κ3) is 5.08. The second kappa shape index (κ2) is 9.43. The smallest absolute Gasteiger partial charge is 0.226 e. The highest BCUT2D eigenvalue weighted by atomic mass is 32.2. The van der Waals surface area contributed by atoms with E-state index in [-0.39, 0.29) is 28.9 Å². The molecular formula is C23H28N2O4S. The van der Waals surface area contributed by atoms with Gasteiger partial charge in [0.1, 0.15) is 0 Å². The minimum atomic E-state index is -3.60. The average Bonchev–Trinajstić information content (AvgIpc) is 2.77. The SMILES string of the molecule is CCC(=O)N1CCCc2cc(S(=O)(=O)CCC(=O)Nc3ccc(CC)cc3)ccc21. The molecule has 7 heteroatoms. The van der Waals surface area contributed by atoms with E-state index in [2.05, 4.69) is 12.2 Å². The Bertz CT molecular complexity index is 1030. The van der Waals surface area contributed by atoms with Gasteiger partial charge in [-0.3, -0.25) is 9.59 Å². The predicted molar refractivity (Wildman–Crippen MR) is 119 cm³/mol. The van der Waals surface area contributed by atoms with Crippen LogP contribution >= 0.6 is 0 Å². The van der Waals surface area contributed by atoms with Crippen molar-refractivity contribution in [1.29, 1.82) is 0 Å². The summed E-state index contributed by atoms with van der Waals surface area (Å²) in [7, 11) is -3.60. The molecule has 1 aliphatic rings. The Morgan fingerprint density at radius 1 is 1.07 bits per heavy atom. The number of rotatable bonds is 7. The van der Waals surface area contributed by atoms with E-state index in [4.69, 9.17) is 0 Å². The van der Waals surface area contributed by atoms with Gasteiger partial charge in [0.05, 0.1) is 10.6 Å². The van der Waals surface area contributed by atoms with Crippen LogP contribution in [0.2, 0.25) is 0 Å². The Hall–Kier alpha value is -2.67. The van der Waals surface area contributed by atoms with Gasteiger partial charge in [-0.05, 0) is 60.7 Å². The molecule has 3 rings (SSSR count). The largest absolute Gasteiger partial charge is 0.326 e. The van der Waals surface area contributed by atoms with Crippen molar-refractivity contribution in [3.63, 3.8) is 0 Å². The molecule has 1 aliphatic heterocycles. The summed E-state index contributed by atoms with van der Waals surface area (Å²) in [6.07, 6.45) is 2.75. The van der Waals surface area contributed by atoms with Gasteiger partial charge in [-0.2, -0.15) is 0 Å². The molecule has 0 fully saturated rings. The molecule has 1 heterocycles. The normalized spacial score (nSPS) is 13.6. The molecule has 1 N–H and O–H groups in total. The molecule has 2 aromatic carbocycles. The monoisotopic (exact) mass is 428 g/mol. The number of carbonyl (C=O) groups excluding carboxylic acids is 2. The molecule has 0 spiro atoms. The van der Waals surface area contributed by atoms with E-state index in [1.54, 1.807) is 17.0 Å². The lowest BCUT2D eigenvalue weighted by Gasteiger charge is -2.29. The van der Waals surface area contributed by atoms with E-state index in [1.807, 2.05) is 31.2 Å². The number of anilines is 2. The van der Waals surface area contributed by atoms with Crippen LogP contribution in [0.5, 0.6) is 0 Å². The Labute approximate surface area is 178 Å². The van der Waals surface area contributed by atoms with Gasteiger partial charge < -0.3 is 10.2 Å². The van der Waals surface area contributed by atoms with Gasteiger partial charge in [0, 0.05) is 30.8 Å². The fraction of sp³-hybridized carbons (Fsp3) is 0.391. The van der Waals surface area contributed by atoms with Gasteiger partial charge >= 0.3 is 0 Å². The fourth-order valence-corrected chi connectivity index (χ4v) is 4.90. The predicted octanol–water partition coefficient (Wildman–Crippen LogP) is 3.74. The number of amides is 2. The number of fused-ring (bicyclic) bond motifs is 1. The van der Waals surface area contributed by atoms with Crippen molar-refractivity contribution in [3.05, 3.63) is 53.6 Å². The molecular weight excluding hydrogens is 400 g/mol. The summed E-state index contributed by atoms with van der Waals surface area (Å²) >= 11 is 0. The van der Waals surface area contributed by atoms with Crippen molar-refractivity contribution < 1.29 is 18.0 Å². The van der Waals surface area contributed by atoms with Gasteiger partial charge in [0.2, 0.25) is 11.8 Å². The standard InChI is InChI=1S/C23H28N2O4S/c1-3-17-7-9-19(10-8-17)24-22(26)13-15-30(28,29)20-11-12-21-18(16-20)6-5-14-25(21)23(27)4-2/h7-12,16H,3-6,13-15H2,1-2H3,(H,24,26). The van der Waals surface area contributed by atoms with Gasteiger partial charge in [0.25, 0.3) is 0 Å². The number of benzene rings is 2. The van der Waals surface area contributed by atoms with Crippen molar-refractivity contribution in [1.82, 2.24) is 0 Å². The summed E-state index contributed by atoms with van der Waals surface area (Å²) in [6.45, 7) is 4.53. The van der Waals surface area contributed by atoms with Crippen LogP contribution in [0.3, 0.4) is 0 Å². The summed E-state index contributed by atoms with van der Waals surface area (Å²) in [5.41, 5.74) is 3.48. The van der Waals surface area contributed by atoms with Crippen LogP contribution in [0.1, 0.15) is 44.2 Å². The van der Waals surface area contributed by atoms with Crippen LogP contribution in [0.15, 0.2) is 47.4 Å². The first-order chi connectivity index (χ1) is 14.3. The zero-order valence-electron chi connectivity index (χ0n) is 17.5. The third-order valence-corrected chi connectivity index (χ3v) is 7.09. The molecule has 0 aromatic heterocycles. The molecule has 0 saturated heterocycles. The molecule has 160 valence electrons. The second-order valence-electron chi connectivity index (χ2n) is 7.46. The molecule has 2 aromatic rings. The van der Waals surface area contributed by atoms with Crippen molar-refractivity contribution in [2.45, 2.75) is 50.8 Å². The number of sulfone groups is 1. The van der Waals surface area contributed by atoms with E-state index in [1.165, 1.54) is 11.6 Å². The maximum atomic E-state index is 12.8. The van der Waals surface area contributed by atoms with E-state index in [0.29, 0.717) is 18.7 Å². The van der Waals surface area contributed by atoms with Crippen LogP contribution in [0, 0.1) is 0 Å². The highest BCUT2D eigenvalue weighted by molar-refractivity contribution is 7.91. The number of hydrogen-bond donors (Lipinski definition) is 1. The molecule has 6 nitrogen and oxygen atoms in total. The van der Waals surface area contributed by atoms with Crippen molar-refractivity contribution in [2.24, 2.45) is 0 Å². The highest BCUT2D eigenvalue weighted by Gasteiger charge is 2.24. The Morgan fingerprint density at radius 3 is 2.47 bits per heavy atom. The number of nitrogens with zero attached hydrogens (tertiary/aromatic N) is 1. The molecule has 0 radical (unpaired) electrons. The molecule has 0 aliphatic carbocycles. The van der Waals surface area contributed by atoms with E-state index in [9.17, 15) is 18.0 Å². The van der Waals surface area contributed by atoms with Gasteiger partial charge in [-0.1, -0.05) is 26.0 Å². The minimum Gasteiger partial charge on any atom is -0.326 e. The molecule has 0 saturated carbocycles. The summed E-state index contributed by atoms with van der Waals surface area (Å²) in [6, 6.07) is 12.4. The Balaban J connectivity index is 1.66. The first-order valence-electron chi connectivity index (χ1n) is 10.4. The van der Waals surface area contributed by atoms with Gasteiger partial charge in [-0.15, -0.1) is 0 Å². The Kier molecular flexibility index (Phi) is 6.92. The maximum Gasteiger partial charge on any atom is 0.226 e. The summed E-state index contributed by atoms with van der Waals surface area (Å²) in [5, 5.41) is 2.74. The zero-order chi connectivity index (χ0) is 21.7. The highest BCUT2D eigenvalue weighted by Crippen LogP contribution is 2.30. The topological polar surface area (TPSA) is 83.6 Å². The first kappa shape index (κ1) is 22.0. The van der Waals surface area contributed by atoms with Crippen LogP contribution in [-0.4, -0.2) is 32.5 Å². The minimum absolute atomic E-state index is 0.0372. The first-order valence-corrected chi connectivity index (χ1v) is 12.0. The van der Waals surface area contributed by atoms with Crippen LogP contribution in [0.25, 0.3) is 0 Å². The number of hydrogen-bond acceptors (Lipinski definition) is 4. The van der Waals surface area contributed by atoms with Crippen molar-refractivity contribution in [3.8, 4) is 0 Å². The van der Waals surface area contributed by atoms with Crippen LogP contribution in [0.4, 0.5) is 11.4 Å². The number of aryl methyl sites for hydroxylation is 2. The molecule has 0 unspecified atom stereocenters. The van der Waals surface area contributed by atoms with Gasteiger partial charge in [0.15, 0.2) is 9.84 Å². The average molecular weight is 429 g/mol. The lowest BCUT2D eigenvalue weighted by molar-refractivity contribution is -0.118. The quantitative estimate of drug-likeness (QED) is 0.728. The van der Waals surface area contributed by atoms with Crippen LogP contribution < -0.4 is 10.2 Å². The lowest BCUT2D eigenvalue weighted by atomic mass is 10.0. The third-order valence-electron chi connectivity index (χ3n) is 5.38. The molecule has 2 amide bonds. The molecule has 30 heavy (non-hydrogen) atoms. The number of nitrogens with one attached hydrogen (secondary N) is 1. The molecule has 0 bridgehead atoms. The fourth-order valence-electron chi connectivity index (χ4n) is 3.61. The van der Waals surface area contributed by atoms with E-state index >= 15 is 0 Å². The Morgan fingerprint density at radius 2 is 1.80 bits per heavy atom. The maximum absolute atomic E-state index is 12.8. The zero-order valence-corrected chi connectivity index (χ0v) is 18.3. The van der Waals surface area contributed by atoms with E-state index in [0.717, 1.165) is 30.5 Å². The van der Waals surface area contributed by atoms with Crippen LogP contribution in [-0.2, 0) is 32.3 Å².